The first-order valence-electron chi connectivity index (χ1n) is 11.0. The van der Waals surface area contributed by atoms with Gasteiger partial charge >= 0.3 is 5.97 Å². The third-order valence-electron chi connectivity index (χ3n) is 5.86. The van der Waals surface area contributed by atoms with Crippen molar-refractivity contribution in [2.75, 3.05) is 17.5 Å². The number of pyridine rings is 1. The van der Waals surface area contributed by atoms with Crippen molar-refractivity contribution in [1.29, 1.82) is 0 Å². The number of aliphatic hydroxyl groups excluding tert-OH is 1. The maximum atomic E-state index is 12.3. The van der Waals surface area contributed by atoms with E-state index < -0.39 is 29.9 Å². The molecule has 3 aromatic rings. The molecule has 9 heteroatoms. The van der Waals surface area contributed by atoms with Crippen molar-refractivity contribution in [3.63, 3.8) is 0 Å². The molecular weight excluding hydrogens is 456 g/mol. The van der Waals surface area contributed by atoms with Crippen LogP contribution in [-0.2, 0) is 28.9 Å². The monoisotopic (exact) mass is 481 g/mol. The molecule has 0 bridgehead atoms. The van der Waals surface area contributed by atoms with Crippen LogP contribution in [-0.4, -0.2) is 43.1 Å². The van der Waals surface area contributed by atoms with Crippen LogP contribution >= 0.6 is 0 Å². The van der Waals surface area contributed by atoms with Gasteiger partial charge in [-0.3, -0.25) is 8.51 Å². The summed E-state index contributed by atoms with van der Waals surface area (Å²) in [5.41, 5.74) is 4.40. The first kappa shape index (κ1) is 23.9. The van der Waals surface area contributed by atoms with Crippen molar-refractivity contribution < 1.29 is 28.5 Å². The molecule has 2 unspecified atom stereocenters. The maximum absolute atomic E-state index is 12.3. The molecule has 178 valence electrons. The standard InChI is InChI=1S/C25H26N2O6S/c28-13-12-17-4-1-5-18(14-17)19-10-11-24(26-15-19)27(34(31)32)22-8-2-7-21-20(22)6-3-9-23(21)33-16-25(29)30/h1,3-6,9-11,14-15,22,28H,2,7-8,12-13,16H2,(H,29,30)(H,31,32)/p-1. The number of carboxylic acid groups (broad SMARTS) is 1. The van der Waals surface area contributed by atoms with E-state index in [9.17, 15) is 18.7 Å². The van der Waals surface area contributed by atoms with Gasteiger partial charge in [0.25, 0.3) is 0 Å². The molecule has 0 fully saturated rings. The van der Waals surface area contributed by atoms with E-state index in [1.807, 2.05) is 36.4 Å². The molecule has 4 rings (SSSR count). The first-order valence-corrected chi connectivity index (χ1v) is 12.0. The Morgan fingerprint density at radius 3 is 2.71 bits per heavy atom. The molecule has 0 saturated carbocycles. The zero-order valence-corrected chi connectivity index (χ0v) is 19.2. The van der Waals surface area contributed by atoms with Crippen LogP contribution < -0.4 is 9.04 Å². The molecule has 1 aliphatic carbocycles. The van der Waals surface area contributed by atoms with Gasteiger partial charge in [-0.05, 0) is 66.1 Å². The Morgan fingerprint density at radius 1 is 1.18 bits per heavy atom. The number of ether oxygens (including phenoxy) is 1. The van der Waals surface area contributed by atoms with E-state index in [2.05, 4.69) is 4.98 Å². The molecule has 8 nitrogen and oxygen atoms in total. The van der Waals surface area contributed by atoms with Gasteiger partial charge in [-0.15, -0.1) is 0 Å². The lowest BCUT2D eigenvalue weighted by atomic mass is 9.87. The Hall–Kier alpha value is -3.27. The average Bonchev–Trinajstić information content (AvgIpc) is 2.83. The van der Waals surface area contributed by atoms with E-state index in [1.165, 1.54) is 4.31 Å². The van der Waals surface area contributed by atoms with Gasteiger partial charge in [0.15, 0.2) is 6.61 Å². The summed E-state index contributed by atoms with van der Waals surface area (Å²) in [6, 6.07) is 16.1. The lowest BCUT2D eigenvalue weighted by Crippen LogP contribution is -2.33. The van der Waals surface area contributed by atoms with E-state index in [4.69, 9.17) is 9.84 Å². The number of aliphatic hydroxyl groups is 1. The number of carbonyl (C=O) groups is 1. The fraction of sp³-hybridized carbons (Fsp3) is 0.280. The molecule has 0 saturated heterocycles. The first-order chi connectivity index (χ1) is 16.5. The van der Waals surface area contributed by atoms with Crippen molar-refractivity contribution in [3.8, 4) is 16.9 Å². The van der Waals surface area contributed by atoms with E-state index in [-0.39, 0.29) is 6.61 Å². The van der Waals surface area contributed by atoms with Crippen LogP contribution in [0.4, 0.5) is 5.82 Å². The van der Waals surface area contributed by atoms with Gasteiger partial charge in [0, 0.05) is 29.6 Å². The summed E-state index contributed by atoms with van der Waals surface area (Å²) >= 11 is -2.58. The average molecular weight is 482 g/mol. The summed E-state index contributed by atoms with van der Waals surface area (Å²) in [6.07, 6.45) is 4.22. The summed E-state index contributed by atoms with van der Waals surface area (Å²) in [4.78, 5) is 15.4. The highest BCUT2D eigenvalue weighted by atomic mass is 32.2. The molecule has 2 aromatic carbocycles. The van der Waals surface area contributed by atoms with Crippen molar-refractivity contribution in [2.45, 2.75) is 31.7 Å². The fourth-order valence-electron chi connectivity index (χ4n) is 4.37. The minimum atomic E-state index is -2.58. The topological polar surface area (TPSA) is 123 Å². The predicted molar refractivity (Wildman–Crippen MR) is 127 cm³/mol. The van der Waals surface area contributed by atoms with Crippen LogP contribution in [0.25, 0.3) is 11.1 Å². The summed E-state index contributed by atoms with van der Waals surface area (Å²) in [5.74, 6) is -0.302. The van der Waals surface area contributed by atoms with Crippen LogP contribution in [0.5, 0.6) is 5.75 Å². The van der Waals surface area contributed by atoms with E-state index >= 15 is 0 Å². The molecule has 2 N–H and O–H groups in total. The second-order valence-corrected chi connectivity index (χ2v) is 8.86. The quantitative estimate of drug-likeness (QED) is 0.449. The smallest absolute Gasteiger partial charge is 0.341 e. The second-order valence-electron chi connectivity index (χ2n) is 8.04. The van der Waals surface area contributed by atoms with Crippen LogP contribution in [0.15, 0.2) is 60.8 Å². The molecule has 1 aliphatic rings. The Morgan fingerprint density at radius 2 is 2.00 bits per heavy atom. The molecule has 0 amide bonds. The van der Waals surface area contributed by atoms with Gasteiger partial charge in [0.1, 0.15) is 11.6 Å². The number of carboxylic acids is 1. The molecule has 34 heavy (non-hydrogen) atoms. The molecule has 1 heterocycles. The number of aliphatic carboxylic acids is 1. The number of hydrogen-bond acceptors (Lipinski definition) is 6. The van der Waals surface area contributed by atoms with Gasteiger partial charge in [-0.2, -0.15) is 0 Å². The zero-order chi connectivity index (χ0) is 24.1. The normalized spacial score (nSPS) is 15.9. The molecule has 0 aliphatic heterocycles. The molecule has 0 radical (unpaired) electrons. The number of fused-ring (bicyclic) bond motifs is 1. The van der Waals surface area contributed by atoms with Crippen LogP contribution in [0.2, 0.25) is 0 Å². The van der Waals surface area contributed by atoms with Crippen LogP contribution in [0, 0.1) is 0 Å². The van der Waals surface area contributed by atoms with Gasteiger partial charge in [-0.25, -0.2) is 9.78 Å². The number of rotatable bonds is 9. The van der Waals surface area contributed by atoms with E-state index in [1.54, 1.807) is 24.4 Å². The number of anilines is 1. The second kappa shape index (κ2) is 10.8. The SMILES string of the molecule is O=C(O)COc1cccc2c1CCCC2N(c1ccc(-c2cccc(CCO)c2)cn1)S(=O)[O-]. The van der Waals surface area contributed by atoms with Crippen LogP contribution in [0.1, 0.15) is 35.6 Å². The summed E-state index contributed by atoms with van der Waals surface area (Å²) in [7, 11) is 0. The Kier molecular flexibility index (Phi) is 7.56. The third kappa shape index (κ3) is 5.27. The fourth-order valence-corrected chi connectivity index (χ4v) is 5.06. The largest absolute Gasteiger partial charge is 0.755 e. The lowest BCUT2D eigenvalue weighted by molar-refractivity contribution is -0.139. The highest BCUT2D eigenvalue weighted by molar-refractivity contribution is 7.80. The molecule has 1 aromatic heterocycles. The van der Waals surface area contributed by atoms with Gasteiger partial charge in [-0.1, -0.05) is 36.4 Å². The highest BCUT2D eigenvalue weighted by Gasteiger charge is 2.30. The van der Waals surface area contributed by atoms with Gasteiger partial charge in [0.2, 0.25) is 0 Å². The minimum Gasteiger partial charge on any atom is -0.755 e. The zero-order valence-electron chi connectivity index (χ0n) is 18.4. The number of hydrogen-bond donors (Lipinski definition) is 2. The maximum Gasteiger partial charge on any atom is 0.341 e. The summed E-state index contributed by atoms with van der Waals surface area (Å²) in [5, 5.41) is 18.1. The molecule has 0 spiro atoms. The van der Waals surface area contributed by atoms with Crippen molar-refractivity contribution in [2.24, 2.45) is 0 Å². The lowest BCUT2D eigenvalue weighted by Gasteiger charge is -2.37. The van der Waals surface area contributed by atoms with E-state index in [0.29, 0.717) is 30.8 Å². The Bertz CT molecular complexity index is 1180. The number of aromatic nitrogens is 1. The molecule has 2 atom stereocenters. The van der Waals surface area contributed by atoms with Crippen molar-refractivity contribution >= 4 is 23.1 Å². The summed E-state index contributed by atoms with van der Waals surface area (Å²) < 4.78 is 31.4. The number of benzene rings is 2. The predicted octanol–water partition coefficient (Wildman–Crippen LogP) is 3.42. The number of nitrogens with zero attached hydrogens (tertiary/aromatic N) is 2. The van der Waals surface area contributed by atoms with Gasteiger partial charge < -0.3 is 19.5 Å². The van der Waals surface area contributed by atoms with Crippen molar-refractivity contribution in [1.82, 2.24) is 4.98 Å². The Balaban J connectivity index is 1.64. The summed E-state index contributed by atoms with van der Waals surface area (Å²) in [6.45, 7) is -0.391. The van der Waals surface area contributed by atoms with Gasteiger partial charge in [0.05, 0.1) is 6.04 Å². The van der Waals surface area contributed by atoms with E-state index in [0.717, 1.165) is 34.2 Å². The van der Waals surface area contributed by atoms with Crippen molar-refractivity contribution in [3.05, 3.63) is 77.5 Å². The Labute approximate surface area is 200 Å². The molecular formula is C25H25N2O6S-. The minimum absolute atomic E-state index is 0.0663. The highest BCUT2D eigenvalue weighted by Crippen LogP contribution is 2.40. The third-order valence-corrected chi connectivity index (χ3v) is 6.62. The van der Waals surface area contributed by atoms with Crippen LogP contribution in [0.3, 0.4) is 0 Å².